The number of aliphatic hydroxyl groups is 1. The second kappa shape index (κ2) is 12.6. The van der Waals surface area contributed by atoms with Crippen LogP contribution in [0.1, 0.15) is 30.4 Å². The van der Waals surface area contributed by atoms with E-state index in [-0.39, 0.29) is 12.4 Å². The van der Waals surface area contributed by atoms with Gasteiger partial charge in [0.25, 0.3) is 0 Å². The number of piperidine rings is 1. The maximum Gasteiger partial charge on any atom is 0.225 e. The van der Waals surface area contributed by atoms with Crippen molar-refractivity contribution in [2.45, 2.75) is 32.5 Å². The van der Waals surface area contributed by atoms with Crippen molar-refractivity contribution >= 4 is 5.69 Å². The predicted molar refractivity (Wildman–Crippen MR) is 148 cm³/mol. The van der Waals surface area contributed by atoms with E-state index in [0.717, 1.165) is 43.5 Å². The Hall–Kier alpha value is -3.90. The maximum atomic E-state index is 15.4. The van der Waals surface area contributed by atoms with Crippen LogP contribution in [0.25, 0.3) is 11.1 Å². The van der Waals surface area contributed by atoms with Gasteiger partial charge in [0.2, 0.25) is 11.8 Å². The Morgan fingerprint density at radius 1 is 0.816 bits per heavy atom. The summed E-state index contributed by atoms with van der Waals surface area (Å²) in [6, 6.07) is 28.8. The van der Waals surface area contributed by atoms with Gasteiger partial charge in [-0.25, -0.2) is 4.39 Å². The molecule has 0 unspecified atom stereocenters. The third-order valence-corrected chi connectivity index (χ3v) is 7.03. The minimum atomic E-state index is -0.262. The summed E-state index contributed by atoms with van der Waals surface area (Å²) >= 11 is 0. The van der Waals surface area contributed by atoms with E-state index in [2.05, 4.69) is 9.88 Å². The van der Waals surface area contributed by atoms with Gasteiger partial charge in [0.05, 0.1) is 5.69 Å². The van der Waals surface area contributed by atoms with Crippen LogP contribution in [-0.2, 0) is 13.2 Å². The maximum absolute atomic E-state index is 15.4. The fourth-order valence-corrected chi connectivity index (χ4v) is 4.87. The van der Waals surface area contributed by atoms with Gasteiger partial charge < -0.3 is 19.5 Å². The zero-order valence-electron chi connectivity index (χ0n) is 21.4. The van der Waals surface area contributed by atoms with Gasteiger partial charge in [0.15, 0.2) is 0 Å². The van der Waals surface area contributed by atoms with Crippen molar-refractivity contribution in [1.82, 2.24) is 4.98 Å². The number of pyridine rings is 1. The lowest BCUT2D eigenvalue weighted by molar-refractivity contribution is 0.240. The highest BCUT2D eigenvalue weighted by Gasteiger charge is 2.22. The van der Waals surface area contributed by atoms with E-state index in [1.807, 2.05) is 78.9 Å². The molecule has 1 aromatic heterocycles. The van der Waals surface area contributed by atoms with E-state index in [0.29, 0.717) is 47.7 Å². The van der Waals surface area contributed by atoms with Gasteiger partial charge in [0.1, 0.15) is 19.0 Å². The van der Waals surface area contributed by atoms with E-state index in [1.54, 1.807) is 12.1 Å². The summed E-state index contributed by atoms with van der Waals surface area (Å²) in [5, 5.41) is 9.21. The molecule has 5 nitrogen and oxygen atoms in total. The monoisotopic (exact) mass is 512 g/mol. The van der Waals surface area contributed by atoms with E-state index >= 15 is 4.39 Å². The number of hydrogen-bond donors (Lipinski definition) is 1. The quantitative estimate of drug-likeness (QED) is 0.258. The third-order valence-electron chi connectivity index (χ3n) is 7.03. The molecule has 0 saturated carbocycles. The average Bonchev–Trinajstić information content (AvgIpc) is 2.97. The molecule has 0 atom stereocenters. The molecule has 1 aliphatic rings. The summed E-state index contributed by atoms with van der Waals surface area (Å²) in [4.78, 5) is 6.75. The molecule has 1 fully saturated rings. The number of rotatable bonds is 10. The first-order valence-corrected chi connectivity index (χ1v) is 13.2. The summed E-state index contributed by atoms with van der Waals surface area (Å²) < 4.78 is 27.5. The Bertz CT molecular complexity index is 1310. The van der Waals surface area contributed by atoms with Crippen molar-refractivity contribution < 1.29 is 19.0 Å². The highest BCUT2D eigenvalue weighted by molar-refractivity contribution is 5.71. The van der Waals surface area contributed by atoms with Gasteiger partial charge in [0, 0.05) is 31.3 Å². The SMILES string of the molecule is OCCC1CCN(c2ccc(-c3ccc(OCc4ccccc4)nc3OCc3ccccc3)cc2F)CC1. The van der Waals surface area contributed by atoms with Crippen LogP contribution in [0.5, 0.6) is 11.8 Å². The molecule has 0 spiro atoms. The van der Waals surface area contributed by atoms with Gasteiger partial charge in [-0.05, 0) is 60.1 Å². The predicted octanol–water partition coefficient (Wildman–Crippen LogP) is 6.64. The largest absolute Gasteiger partial charge is 0.473 e. The Labute approximate surface area is 223 Å². The minimum Gasteiger partial charge on any atom is -0.473 e. The number of nitrogens with zero attached hydrogens (tertiary/aromatic N) is 2. The fourth-order valence-electron chi connectivity index (χ4n) is 4.87. The molecule has 1 aliphatic heterocycles. The van der Waals surface area contributed by atoms with Crippen molar-refractivity contribution in [3.63, 3.8) is 0 Å². The Balaban J connectivity index is 1.36. The number of aromatic nitrogens is 1. The molecule has 0 amide bonds. The van der Waals surface area contributed by atoms with Gasteiger partial charge in [-0.15, -0.1) is 0 Å². The smallest absolute Gasteiger partial charge is 0.225 e. The molecular formula is C32H33FN2O3. The first-order chi connectivity index (χ1) is 18.7. The molecule has 2 heterocycles. The van der Waals surface area contributed by atoms with Crippen molar-refractivity contribution in [3.05, 3.63) is 108 Å². The lowest BCUT2D eigenvalue weighted by atomic mass is 9.93. The number of aliphatic hydroxyl groups excluding tert-OH is 1. The second-order valence-corrected chi connectivity index (χ2v) is 9.66. The molecule has 1 N–H and O–H groups in total. The number of anilines is 1. The van der Waals surface area contributed by atoms with Crippen LogP contribution in [0.2, 0.25) is 0 Å². The first-order valence-electron chi connectivity index (χ1n) is 13.2. The second-order valence-electron chi connectivity index (χ2n) is 9.66. The number of ether oxygens (including phenoxy) is 2. The molecule has 38 heavy (non-hydrogen) atoms. The number of halogens is 1. The van der Waals surface area contributed by atoms with Crippen LogP contribution in [0.3, 0.4) is 0 Å². The highest BCUT2D eigenvalue weighted by atomic mass is 19.1. The normalized spacial score (nSPS) is 13.9. The lowest BCUT2D eigenvalue weighted by Crippen LogP contribution is -2.34. The summed E-state index contributed by atoms with van der Waals surface area (Å²) in [6.07, 6.45) is 2.75. The number of benzene rings is 3. The standard InChI is InChI=1S/C32H33FN2O3/c33-29-21-27(11-13-30(29)35-18-15-24(16-19-35)17-20-36)28-12-14-31(37-22-25-7-3-1-4-8-25)34-32(28)38-23-26-9-5-2-6-10-26/h1-14,21,24,36H,15-20,22-23H2. The van der Waals surface area contributed by atoms with Crippen LogP contribution in [-0.4, -0.2) is 29.8 Å². The zero-order chi connectivity index (χ0) is 26.2. The summed E-state index contributed by atoms with van der Waals surface area (Å²) in [6.45, 7) is 2.53. The van der Waals surface area contributed by atoms with Crippen LogP contribution in [0, 0.1) is 11.7 Å². The van der Waals surface area contributed by atoms with Crippen molar-refractivity contribution in [2.24, 2.45) is 5.92 Å². The van der Waals surface area contributed by atoms with E-state index in [4.69, 9.17) is 9.47 Å². The van der Waals surface area contributed by atoms with Gasteiger partial charge in [-0.1, -0.05) is 66.7 Å². The van der Waals surface area contributed by atoms with Crippen molar-refractivity contribution in [1.29, 1.82) is 0 Å². The van der Waals surface area contributed by atoms with Crippen molar-refractivity contribution in [2.75, 3.05) is 24.6 Å². The van der Waals surface area contributed by atoms with Crippen LogP contribution < -0.4 is 14.4 Å². The molecule has 0 aliphatic carbocycles. The Morgan fingerprint density at radius 2 is 1.47 bits per heavy atom. The molecule has 0 bridgehead atoms. The zero-order valence-corrected chi connectivity index (χ0v) is 21.4. The van der Waals surface area contributed by atoms with Crippen molar-refractivity contribution in [3.8, 4) is 22.9 Å². The van der Waals surface area contributed by atoms with Gasteiger partial charge in [-0.2, -0.15) is 4.98 Å². The minimum absolute atomic E-state index is 0.215. The Kier molecular flexibility index (Phi) is 8.51. The third kappa shape index (κ3) is 6.50. The Morgan fingerprint density at radius 3 is 2.11 bits per heavy atom. The lowest BCUT2D eigenvalue weighted by Gasteiger charge is -2.33. The topological polar surface area (TPSA) is 54.8 Å². The first kappa shape index (κ1) is 25.7. The molecule has 1 saturated heterocycles. The summed E-state index contributed by atoms with van der Waals surface area (Å²) in [5.41, 5.74) is 4.08. The van der Waals surface area contributed by atoms with Gasteiger partial charge >= 0.3 is 0 Å². The van der Waals surface area contributed by atoms with Crippen LogP contribution in [0.4, 0.5) is 10.1 Å². The molecule has 196 valence electrons. The summed E-state index contributed by atoms with van der Waals surface area (Å²) in [5.74, 6) is 1.10. The van der Waals surface area contributed by atoms with Crippen LogP contribution in [0.15, 0.2) is 91.0 Å². The van der Waals surface area contributed by atoms with E-state index < -0.39 is 0 Å². The molecule has 5 rings (SSSR count). The average molecular weight is 513 g/mol. The van der Waals surface area contributed by atoms with E-state index in [9.17, 15) is 5.11 Å². The molecule has 4 aromatic rings. The molecule has 3 aromatic carbocycles. The van der Waals surface area contributed by atoms with Crippen LogP contribution >= 0.6 is 0 Å². The molecule has 0 radical (unpaired) electrons. The summed E-state index contributed by atoms with van der Waals surface area (Å²) in [7, 11) is 0. The van der Waals surface area contributed by atoms with E-state index in [1.165, 1.54) is 0 Å². The van der Waals surface area contributed by atoms with Gasteiger partial charge in [-0.3, -0.25) is 0 Å². The molecule has 6 heteroatoms. The highest BCUT2D eigenvalue weighted by Crippen LogP contribution is 2.35. The number of hydrogen-bond acceptors (Lipinski definition) is 5. The fraction of sp³-hybridized carbons (Fsp3) is 0.281. The molecular weight excluding hydrogens is 479 g/mol.